The van der Waals surface area contributed by atoms with E-state index in [4.69, 9.17) is 5.73 Å². The van der Waals surface area contributed by atoms with Gasteiger partial charge >= 0.3 is 0 Å². The van der Waals surface area contributed by atoms with Crippen molar-refractivity contribution in [2.75, 3.05) is 17.3 Å². The first kappa shape index (κ1) is 12.9. The Kier molecular flexibility index (Phi) is 3.78. The maximum absolute atomic E-state index is 11.7. The molecule has 1 aliphatic heterocycles. The van der Waals surface area contributed by atoms with Crippen LogP contribution >= 0.6 is 0 Å². The van der Waals surface area contributed by atoms with Crippen LogP contribution < -0.4 is 5.73 Å². The Morgan fingerprint density at radius 1 is 1.47 bits per heavy atom. The first-order valence-electron chi connectivity index (χ1n) is 4.94. The van der Waals surface area contributed by atoms with E-state index < -0.39 is 31.0 Å². The van der Waals surface area contributed by atoms with Gasteiger partial charge in [0.25, 0.3) is 0 Å². The summed E-state index contributed by atoms with van der Waals surface area (Å²) < 4.78 is 45.8. The summed E-state index contributed by atoms with van der Waals surface area (Å²) in [5, 5.41) is -0.736. The van der Waals surface area contributed by atoms with Gasteiger partial charge in [-0.25, -0.2) is 16.8 Å². The molecule has 2 atom stereocenters. The quantitative estimate of drug-likeness (QED) is 0.718. The van der Waals surface area contributed by atoms with Crippen LogP contribution in [0.5, 0.6) is 0 Å². The summed E-state index contributed by atoms with van der Waals surface area (Å²) in [5.41, 5.74) is 5.57. The van der Waals surface area contributed by atoms with E-state index in [0.29, 0.717) is 6.42 Å². The average Bonchev–Trinajstić information content (AvgIpc) is 2.45. The van der Waals surface area contributed by atoms with E-state index >= 15 is 0 Å². The molecule has 0 spiro atoms. The number of hydrogen-bond acceptors (Lipinski definition) is 5. The van der Waals surface area contributed by atoms with E-state index in [1.54, 1.807) is 0 Å². The monoisotopic (exact) mass is 255 g/mol. The second-order valence-corrected chi connectivity index (χ2v) is 8.58. The third-order valence-corrected chi connectivity index (χ3v) is 6.96. The molecular formula is C8H17NO4S2. The second kappa shape index (κ2) is 4.39. The number of hydrogen-bond donors (Lipinski definition) is 1. The van der Waals surface area contributed by atoms with Crippen LogP contribution in [0.1, 0.15) is 19.8 Å². The molecule has 1 aliphatic rings. The largest absolute Gasteiger partial charge is 0.327 e. The van der Waals surface area contributed by atoms with E-state index in [2.05, 4.69) is 0 Å². The fourth-order valence-corrected chi connectivity index (χ4v) is 6.32. The Morgan fingerprint density at radius 3 is 2.47 bits per heavy atom. The molecular weight excluding hydrogens is 238 g/mol. The molecule has 15 heavy (non-hydrogen) atoms. The molecule has 2 unspecified atom stereocenters. The van der Waals surface area contributed by atoms with Gasteiger partial charge in [-0.3, -0.25) is 0 Å². The highest BCUT2D eigenvalue weighted by atomic mass is 32.2. The molecule has 1 saturated heterocycles. The maximum atomic E-state index is 11.7. The van der Waals surface area contributed by atoms with Crippen LogP contribution in [0.4, 0.5) is 0 Å². The summed E-state index contributed by atoms with van der Waals surface area (Å²) in [7, 11) is -6.49. The first-order valence-corrected chi connectivity index (χ1v) is 8.48. The van der Waals surface area contributed by atoms with Gasteiger partial charge in [0.2, 0.25) is 0 Å². The minimum absolute atomic E-state index is 0.0156. The van der Waals surface area contributed by atoms with Crippen LogP contribution in [0.2, 0.25) is 0 Å². The first-order chi connectivity index (χ1) is 6.77. The van der Waals surface area contributed by atoms with Gasteiger partial charge in [-0.1, -0.05) is 6.92 Å². The van der Waals surface area contributed by atoms with Gasteiger partial charge in [0.05, 0.1) is 22.5 Å². The summed E-state index contributed by atoms with van der Waals surface area (Å²) in [5.74, 6) is -0.353. The van der Waals surface area contributed by atoms with Crippen LogP contribution in [0.3, 0.4) is 0 Å². The molecule has 7 heteroatoms. The summed E-state index contributed by atoms with van der Waals surface area (Å²) in [6.45, 7) is 1.81. The molecule has 0 aromatic carbocycles. The fraction of sp³-hybridized carbons (Fsp3) is 1.00. The van der Waals surface area contributed by atoms with Crippen LogP contribution in [-0.4, -0.2) is 45.4 Å². The Labute approximate surface area is 90.9 Å². The van der Waals surface area contributed by atoms with E-state index in [1.165, 1.54) is 0 Å². The highest BCUT2D eigenvalue weighted by Gasteiger charge is 2.37. The highest BCUT2D eigenvalue weighted by Crippen LogP contribution is 2.20. The Morgan fingerprint density at radius 2 is 2.07 bits per heavy atom. The summed E-state index contributed by atoms with van der Waals surface area (Å²) in [6, 6.07) is -0.390. The highest BCUT2D eigenvalue weighted by molar-refractivity contribution is 7.96. The molecule has 0 amide bonds. The zero-order valence-corrected chi connectivity index (χ0v) is 10.4. The molecule has 0 aromatic heterocycles. The topological polar surface area (TPSA) is 94.3 Å². The van der Waals surface area contributed by atoms with Crippen molar-refractivity contribution in [1.82, 2.24) is 0 Å². The van der Waals surface area contributed by atoms with Crippen LogP contribution in [-0.2, 0) is 19.7 Å². The molecule has 0 saturated carbocycles. The number of sulfone groups is 2. The predicted molar refractivity (Wildman–Crippen MR) is 59.1 cm³/mol. The molecule has 0 aliphatic carbocycles. The van der Waals surface area contributed by atoms with Crippen molar-refractivity contribution in [1.29, 1.82) is 0 Å². The van der Waals surface area contributed by atoms with Gasteiger partial charge < -0.3 is 5.73 Å². The molecule has 5 nitrogen and oxygen atoms in total. The lowest BCUT2D eigenvalue weighted by atomic mass is 10.3. The molecule has 2 N–H and O–H groups in total. The Bertz CT molecular complexity index is 412. The summed E-state index contributed by atoms with van der Waals surface area (Å²) in [4.78, 5) is 0. The minimum atomic E-state index is -3.35. The van der Waals surface area contributed by atoms with Crippen molar-refractivity contribution in [2.45, 2.75) is 31.1 Å². The van der Waals surface area contributed by atoms with Crippen LogP contribution in [0.25, 0.3) is 0 Å². The van der Waals surface area contributed by atoms with Gasteiger partial charge in [0, 0.05) is 6.04 Å². The zero-order chi connectivity index (χ0) is 11.7. The predicted octanol–water partition coefficient (Wildman–Crippen LogP) is -0.674. The second-order valence-electron chi connectivity index (χ2n) is 4.02. The zero-order valence-electron chi connectivity index (χ0n) is 8.72. The fourth-order valence-electron chi connectivity index (χ4n) is 1.60. The molecule has 0 bridgehead atoms. The lowest BCUT2D eigenvalue weighted by Gasteiger charge is -2.13. The van der Waals surface area contributed by atoms with Crippen molar-refractivity contribution in [3.8, 4) is 0 Å². The normalized spacial score (nSPS) is 27.7. The Balaban J connectivity index is 2.72. The van der Waals surface area contributed by atoms with Gasteiger partial charge in [0.15, 0.2) is 19.7 Å². The van der Waals surface area contributed by atoms with Gasteiger partial charge in [-0.2, -0.15) is 0 Å². The molecule has 1 fully saturated rings. The van der Waals surface area contributed by atoms with Crippen molar-refractivity contribution < 1.29 is 16.8 Å². The van der Waals surface area contributed by atoms with Crippen molar-refractivity contribution in [3.05, 3.63) is 0 Å². The van der Waals surface area contributed by atoms with Gasteiger partial charge in [-0.05, 0) is 12.8 Å². The van der Waals surface area contributed by atoms with Crippen molar-refractivity contribution in [3.63, 3.8) is 0 Å². The van der Waals surface area contributed by atoms with Gasteiger partial charge in [0.1, 0.15) is 0 Å². The van der Waals surface area contributed by atoms with Crippen LogP contribution in [0.15, 0.2) is 0 Å². The molecule has 1 heterocycles. The summed E-state index contributed by atoms with van der Waals surface area (Å²) in [6.07, 6.45) is 0.805. The van der Waals surface area contributed by atoms with E-state index in [1.807, 2.05) is 6.92 Å². The smallest absolute Gasteiger partial charge is 0.155 e. The summed E-state index contributed by atoms with van der Waals surface area (Å²) >= 11 is 0. The molecule has 1 rings (SSSR count). The van der Waals surface area contributed by atoms with E-state index in [0.717, 1.165) is 0 Å². The van der Waals surface area contributed by atoms with Crippen LogP contribution in [0, 0.1) is 0 Å². The molecule has 90 valence electrons. The molecule has 0 aromatic rings. The lowest BCUT2D eigenvalue weighted by Crippen LogP contribution is -2.35. The lowest BCUT2D eigenvalue weighted by molar-refractivity contribution is 0.571. The van der Waals surface area contributed by atoms with E-state index in [9.17, 15) is 16.8 Å². The average molecular weight is 255 g/mol. The number of rotatable bonds is 4. The van der Waals surface area contributed by atoms with Gasteiger partial charge in [-0.15, -0.1) is 0 Å². The van der Waals surface area contributed by atoms with Crippen molar-refractivity contribution in [2.24, 2.45) is 5.73 Å². The molecule has 0 radical (unpaired) electrons. The number of nitrogens with two attached hydrogens (primary N) is 1. The van der Waals surface area contributed by atoms with E-state index in [-0.39, 0.29) is 23.7 Å². The Hall–Kier alpha value is -0.140. The SMILES string of the molecule is CCC(N)CS(=O)(=O)C1CCS(=O)(=O)C1. The third kappa shape index (κ3) is 3.42. The van der Waals surface area contributed by atoms with Crippen molar-refractivity contribution >= 4 is 19.7 Å². The third-order valence-electron chi connectivity index (χ3n) is 2.67. The minimum Gasteiger partial charge on any atom is -0.327 e. The maximum Gasteiger partial charge on any atom is 0.155 e. The standard InChI is InChI=1S/C8H17NO4S2/c1-2-7(9)5-15(12,13)8-3-4-14(10,11)6-8/h7-8H,2-6,9H2,1H3.